The topological polar surface area (TPSA) is 9.23 Å². The molecule has 0 amide bonds. The first-order chi connectivity index (χ1) is 11.1. The third-order valence-corrected chi connectivity index (χ3v) is 9.76. The minimum absolute atomic E-state index is 0.633. The van der Waals surface area contributed by atoms with Gasteiger partial charge in [-0.25, -0.2) is 0 Å². The number of rotatable bonds is 3. The van der Waals surface area contributed by atoms with E-state index in [9.17, 15) is 0 Å². The molecule has 4 saturated carbocycles. The van der Waals surface area contributed by atoms with E-state index in [0.29, 0.717) is 10.8 Å². The highest BCUT2D eigenvalue weighted by Gasteiger charge is 2.59. The molecule has 7 atom stereocenters. The van der Waals surface area contributed by atoms with Crippen LogP contribution in [0.3, 0.4) is 0 Å². The van der Waals surface area contributed by atoms with Crippen LogP contribution in [-0.4, -0.2) is 6.61 Å². The Labute approximate surface area is 157 Å². The predicted molar refractivity (Wildman–Crippen MR) is 104 cm³/mol. The Morgan fingerprint density at radius 3 is 2.52 bits per heavy atom. The fourth-order valence-electron chi connectivity index (χ4n) is 8.06. The standard InChI is InChI=1S/C21H35IO/c1-20-12-4-3-5-15(20)6-8-17-18-9-7-16(11-14-23-22)21(18,2)13-10-19(17)20/h15-19H,3-14H2,1-2H3/t15?,16?,17?,18?,19?,20-,21+/m0/s1. The average Bonchev–Trinajstić information content (AvgIpc) is 2.89. The van der Waals surface area contributed by atoms with Gasteiger partial charge in [-0.3, -0.25) is 0 Å². The van der Waals surface area contributed by atoms with Gasteiger partial charge in [-0.1, -0.05) is 26.7 Å². The summed E-state index contributed by atoms with van der Waals surface area (Å²) >= 11 is 2.08. The monoisotopic (exact) mass is 430 g/mol. The first kappa shape index (κ1) is 17.1. The van der Waals surface area contributed by atoms with Crippen LogP contribution < -0.4 is 0 Å². The fourth-order valence-corrected chi connectivity index (χ4v) is 8.32. The lowest BCUT2D eigenvalue weighted by molar-refractivity contribution is -0.111. The zero-order valence-electron chi connectivity index (χ0n) is 15.2. The molecule has 4 rings (SSSR count). The molecular formula is C21H35IO. The molecule has 4 aliphatic rings. The molecule has 0 radical (unpaired) electrons. The molecule has 0 aromatic heterocycles. The molecule has 4 aliphatic carbocycles. The van der Waals surface area contributed by atoms with E-state index in [1.165, 1.54) is 57.8 Å². The summed E-state index contributed by atoms with van der Waals surface area (Å²) in [6.45, 7) is 6.32. The minimum Gasteiger partial charge on any atom is -0.316 e. The Kier molecular flexibility index (Phi) is 4.80. The van der Waals surface area contributed by atoms with Crippen molar-refractivity contribution in [3.8, 4) is 0 Å². The van der Waals surface area contributed by atoms with Crippen LogP contribution in [0.4, 0.5) is 0 Å². The van der Waals surface area contributed by atoms with Crippen molar-refractivity contribution in [3.63, 3.8) is 0 Å². The SMILES string of the molecule is C[C@]12CCCCC1CCC1C2CC[C@]2(C)C(CCOI)CCC12. The van der Waals surface area contributed by atoms with Crippen LogP contribution in [0.1, 0.15) is 84.5 Å². The largest absolute Gasteiger partial charge is 0.316 e. The maximum absolute atomic E-state index is 5.39. The molecule has 0 spiro atoms. The van der Waals surface area contributed by atoms with E-state index in [2.05, 4.69) is 36.9 Å². The summed E-state index contributed by atoms with van der Waals surface area (Å²) in [6, 6.07) is 0. The molecule has 4 fully saturated rings. The lowest BCUT2D eigenvalue weighted by atomic mass is 9.45. The van der Waals surface area contributed by atoms with Crippen LogP contribution in [-0.2, 0) is 3.07 Å². The Morgan fingerprint density at radius 2 is 1.70 bits per heavy atom. The van der Waals surface area contributed by atoms with Gasteiger partial charge in [0.05, 0.1) is 6.61 Å². The molecule has 0 N–H and O–H groups in total. The van der Waals surface area contributed by atoms with Crippen LogP contribution in [0.2, 0.25) is 0 Å². The lowest BCUT2D eigenvalue weighted by Crippen LogP contribution is -2.52. The van der Waals surface area contributed by atoms with Gasteiger partial charge in [-0.15, -0.1) is 0 Å². The Bertz CT molecular complexity index is 438. The summed E-state index contributed by atoms with van der Waals surface area (Å²) in [5, 5.41) is 0. The normalized spacial score (nSPS) is 52.6. The van der Waals surface area contributed by atoms with Gasteiger partial charge in [0, 0.05) is 0 Å². The molecule has 0 aromatic rings. The van der Waals surface area contributed by atoms with Gasteiger partial charge in [0.2, 0.25) is 0 Å². The van der Waals surface area contributed by atoms with Crippen LogP contribution in [0.5, 0.6) is 0 Å². The molecule has 0 saturated heterocycles. The van der Waals surface area contributed by atoms with Crippen molar-refractivity contribution in [1.29, 1.82) is 0 Å². The highest BCUT2D eigenvalue weighted by atomic mass is 127. The van der Waals surface area contributed by atoms with Crippen molar-refractivity contribution < 1.29 is 3.07 Å². The first-order valence-corrected chi connectivity index (χ1v) is 11.2. The van der Waals surface area contributed by atoms with Crippen LogP contribution >= 0.6 is 23.0 Å². The van der Waals surface area contributed by atoms with E-state index in [1.54, 1.807) is 12.8 Å². The average molecular weight is 430 g/mol. The van der Waals surface area contributed by atoms with Gasteiger partial charge in [-0.2, -0.15) is 0 Å². The number of halogens is 1. The van der Waals surface area contributed by atoms with Crippen LogP contribution in [0.15, 0.2) is 0 Å². The van der Waals surface area contributed by atoms with E-state index >= 15 is 0 Å². The predicted octanol–water partition coefficient (Wildman–Crippen LogP) is 6.79. The summed E-state index contributed by atoms with van der Waals surface area (Å²) in [7, 11) is 0. The van der Waals surface area contributed by atoms with Crippen molar-refractivity contribution in [2.45, 2.75) is 84.5 Å². The second-order valence-electron chi connectivity index (χ2n) is 9.82. The van der Waals surface area contributed by atoms with E-state index in [1.807, 2.05) is 0 Å². The maximum Gasteiger partial charge on any atom is 0.109 e. The van der Waals surface area contributed by atoms with E-state index in [4.69, 9.17) is 3.07 Å². The highest BCUT2D eigenvalue weighted by Crippen LogP contribution is 2.67. The molecule has 0 aliphatic heterocycles. The summed E-state index contributed by atoms with van der Waals surface area (Å²) < 4.78 is 5.39. The van der Waals surface area contributed by atoms with Crippen molar-refractivity contribution in [1.82, 2.24) is 0 Å². The van der Waals surface area contributed by atoms with Gasteiger partial charge in [0.15, 0.2) is 0 Å². The van der Waals surface area contributed by atoms with E-state index in [0.717, 1.165) is 36.2 Å². The summed E-state index contributed by atoms with van der Waals surface area (Å²) in [6.07, 6.45) is 16.5. The van der Waals surface area contributed by atoms with Gasteiger partial charge < -0.3 is 3.07 Å². The first-order valence-electron chi connectivity index (χ1n) is 10.3. The van der Waals surface area contributed by atoms with Gasteiger partial charge in [0.1, 0.15) is 23.0 Å². The van der Waals surface area contributed by atoms with E-state index < -0.39 is 0 Å². The minimum atomic E-state index is 0.633. The molecule has 5 unspecified atom stereocenters. The maximum atomic E-state index is 5.39. The molecule has 1 nitrogen and oxygen atoms in total. The second kappa shape index (κ2) is 6.45. The third-order valence-electron chi connectivity index (χ3n) is 9.32. The number of fused-ring (bicyclic) bond motifs is 5. The third kappa shape index (κ3) is 2.64. The van der Waals surface area contributed by atoms with Crippen LogP contribution in [0, 0.1) is 40.4 Å². The zero-order valence-corrected chi connectivity index (χ0v) is 17.3. The van der Waals surface area contributed by atoms with Gasteiger partial charge in [-0.05, 0) is 98.2 Å². The van der Waals surface area contributed by atoms with Crippen molar-refractivity contribution in [2.75, 3.05) is 6.61 Å². The Hall–Kier alpha value is 0.690. The van der Waals surface area contributed by atoms with Crippen LogP contribution in [0.25, 0.3) is 0 Å². The molecule has 0 bridgehead atoms. The summed E-state index contributed by atoms with van der Waals surface area (Å²) in [5.74, 6) is 5.13. The summed E-state index contributed by atoms with van der Waals surface area (Å²) in [5.41, 5.74) is 1.33. The zero-order chi connectivity index (χ0) is 16.1. The highest BCUT2D eigenvalue weighted by molar-refractivity contribution is 14.1. The van der Waals surface area contributed by atoms with Gasteiger partial charge in [0.25, 0.3) is 0 Å². The second-order valence-corrected chi connectivity index (χ2v) is 10.4. The molecular weight excluding hydrogens is 395 g/mol. The van der Waals surface area contributed by atoms with Crippen molar-refractivity contribution >= 4 is 23.0 Å². The fraction of sp³-hybridized carbons (Fsp3) is 1.00. The number of hydrogen-bond acceptors (Lipinski definition) is 1. The quantitative estimate of drug-likeness (QED) is 0.448. The Morgan fingerprint density at radius 1 is 0.870 bits per heavy atom. The van der Waals surface area contributed by atoms with E-state index in [-0.39, 0.29) is 0 Å². The molecule has 0 heterocycles. The van der Waals surface area contributed by atoms with Crippen molar-refractivity contribution in [2.24, 2.45) is 40.4 Å². The smallest absolute Gasteiger partial charge is 0.109 e. The summed E-state index contributed by atoms with van der Waals surface area (Å²) in [4.78, 5) is 0. The molecule has 0 aromatic carbocycles. The molecule has 132 valence electrons. The van der Waals surface area contributed by atoms with Gasteiger partial charge >= 0.3 is 0 Å². The van der Waals surface area contributed by atoms with Crippen molar-refractivity contribution in [3.05, 3.63) is 0 Å². The molecule has 2 heteroatoms. The Balaban J connectivity index is 1.55. The number of hydrogen-bond donors (Lipinski definition) is 0. The lowest BCUT2D eigenvalue weighted by Gasteiger charge is -2.60. The molecule has 23 heavy (non-hydrogen) atoms.